The Hall–Kier alpha value is -1.83. The molecule has 4 nitrogen and oxygen atoms in total. The zero-order valence-electron chi connectivity index (χ0n) is 12.3. The third-order valence-electron chi connectivity index (χ3n) is 2.90. The molecule has 0 bridgehead atoms. The molecule has 1 aromatic rings. The first-order valence-electron chi connectivity index (χ1n) is 6.63. The van der Waals surface area contributed by atoms with Crippen LogP contribution in [-0.4, -0.2) is 49.3 Å². The van der Waals surface area contributed by atoms with E-state index in [2.05, 4.69) is 11.8 Å². The average molecular weight is 275 g/mol. The number of amides is 1. The van der Waals surface area contributed by atoms with Crippen LogP contribution in [0, 0.1) is 18.8 Å². The molecule has 0 saturated heterocycles. The molecule has 0 spiro atoms. The van der Waals surface area contributed by atoms with E-state index in [1.165, 1.54) is 0 Å². The molecule has 0 saturated carbocycles. The summed E-state index contributed by atoms with van der Waals surface area (Å²) >= 11 is 0. The van der Waals surface area contributed by atoms with E-state index in [-0.39, 0.29) is 12.5 Å². The lowest BCUT2D eigenvalue weighted by Gasteiger charge is -2.18. The Morgan fingerprint density at radius 2 is 2.20 bits per heavy atom. The van der Waals surface area contributed by atoms with E-state index in [4.69, 9.17) is 9.84 Å². The number of ether oxygens (including phenoxy) is 1. The van der Waals surface area contributed by atoms with Gasteiger partial charge < -0.3 is 14.7 Å². The number of nitrogens with zero attached hydrogens (tertiary/aromatic N) is 1. The molecule has 1 rings (SSSR count). The molecular formula is C16H21NO3. The molecule has 0 aliphatic heterocycles. The number of benzene rings is 1. The first-order valence-corrected chi connectivity index (χ1v) is 6.63. The van der Waals surface area contributed by atoms with Crippen LogP contribution in [0.3, 0.4) is 0 Å². The van der Waals surface area contributed by atoms with Crippen molar-refractivity contribution in [1.29, 1.82) is 0 Å². The van der Waals surface area contributed by atoms with E-state index in [1.807, 2.05) is 26.0 Å². The molecule has 0 aromatic heterocycles. The number of rotatable bonds is 5. The summed E-state index contributed by atoms with van der Waals surface area (Å²) in [5.41, 5.74) is 2.27. The summed E-state index contributed by atoms with van der Waals surface area (Å²) < 4.78 is 5.25. The Morgan fingerprint density at radius 1 is 1.45 bits per heavy atom. The SMILES string of the molecule is CCOCCN(C)C(=O)c1cc(C#CCO)ccc1C. The van der Waals surface area contributed by atoms with E-state index >= 15 is 0 Å². The molecule has 0 unspecified atom stereocenters. The quantitative estimate of drug-likeness (QED) is 0.653. The first kappa shape index (κ1) is 16.2. The van der Waals surface area contributed by atoms with Crippen molar-refractivity contribution in [2.45, 2.75) is 13.8 Å². The van der Waals surface area contributed by atoms with Gasteiger partial charge in [0.1, 0.15) is 6.61 Å². The minimum Gasteiger partial charge on any atom is -0.384 e. The van der Waals surface area contributed by atoms with Gasteiger partial charge in [-0.25, -0.2) is 0 Å². The predicted molar refractivity (Wildman–Crippen MR) is 78.6 cm³/mol. The third-order valence-corrected chi connectivity index (χ3v) is 2.90. The molecule has 1 aromatic carbocycles. The molecule has 0 radical (unpaired) electrons. The lowest BCUT2D eigenvalue weighted by atomic mass is 10.0. The van der Waals surface area contributed by atoms with Gasteiger partial charge in [0.15, 0.2) is 0 Å². The highest BCUT2D eigenvalue weighted by Crippen LogP contribution is 2.13. The second kappa shape index (κ2) is 8.36. The van der Waals surface area contributed by atoms with Gasteiger partial charge in [0, 0.05) is 31.3 Å². The van der Waals surface area contributed by atoms with Crippen LogP contribution in [0.15, 0.2) is 18.2 Å². The van der Waals surface area contributed by atoms with Crippen LogP contribution in [0.1, 0.15) is 28.4 Å². The van der Waals surface area contributed by atoms with Crippen LogP contribution >= 0.6 is 0 Å². The summed E-state index contributed by atoms with van der Waals surface area (Å²) in [4.78, 5) is 14.0. The van der Waals surface area contributed by atoms with Gasteiger partial charge in [-0.15, -0.1) is 0 Å². The van der Waals surface area contributed by atoms with Gasteiger partial charge in [-0.3, -0.25) is 4.79 Å². The number of aryl methyl sites for hydroxylation is 1. The van der Waals surface area contributed by atoms with E-state index in [1.54, 1.807) is 18.0 Å². The monoisotopic (exact) mass is 275 g/mol. The van der Waals surface area contributed by atoms with Gasteiger partial charge in [0.05, 0.1) is 6.61 Å². The lowest BCUT2D eigenvalue weighted by molar-refractivity contribution is 0.0709. The van der Waals surface area contributed by atoms with Crippen LogP contribution in [0.5, 0.6) is 0 Å². The summed E-state index contributed by atoms with van der Waals surface area (Å²) in [5.74, 6) is 5.35. The number of carbonyl (C=O) groups is 1. The van der Waals surface area contributed by atoms with Crippen molar-refractivity contribution >= 4 is 5.91 Å². The average Bonchev–Trinajstić information content (AvgIpc) is 2.45. The molecule has 4 heteroatoms. The minimum atomic E-state index is -0.189. The zero-order chi connectivity index (χ0) is 15.0. The summed E-state index contributed by atoms with van der Waals surface area (Å²) in [7, 11) is 1.76. The zero-order valence-corrected chi connectivity index (χ0v) is 12.3. The normalized spacial score (nSPS) is 9.80. The molecule has 0 heterocycles. The summed E-state index contributed by atoms with van der Waals surface area (Å²) in [6, 6.07) is 5.47. The fourth-order valence-corrected chi connectivity index (χ4v) is 1.72. The highest BCUT2D eigenvalue weighted by molar-refractivity contribution is 5.95. The fourth-order valence-electron chi connectivity index (χ4n) is 1.72. The molecule has 20 heavy (non-hydrogen) atoms. The lowest BCUT2D eigenvalue weighted by Crippen LogP contribution is -2.30. The fraction of sp³-hybridized carbons (Fsp3) is 0.438. The van der Waals surface area contributed by atoms with Crippen molar-refractivity contribution in [3.05, 3.63) is 34.9 Å². The highest BCUT2D eigenvalue weighted by atomic mass is 16.5. The molecule has 0 aliphatic carbocycles. The number of hydrogen-bond acceptors (Lipinski definition) is 3. The van der Waals surface area contributed by atoms with E-state index < -0.39 is 0 Å². The maximum Gasteiger partial charge on any atom is 0.253 e. The molecule has 0 aliphatic rings. The van der Waals surface area contributed by atoms with Gasteiger partial charge >= 0.3 is 0 Å². The van der Waals surface area contributed by atoms with Crippen LogP contribution in [-0.2, 0) is 4.74 Å². The Balaban J connectivity index is 2.85. The second-order valence-corrected chi connectivity index (χ2v) is 4.41. The van der Waals surface area contributed by atoms with Crippen molar-refractivity contribution in [2.24, 2.45) is 0 Å². The van der Waals surface area contributed by atoms with Crippen molar-refractivity contribution in [1.82, 2.24) is 4.90 Å². The van der Waals surface area contributed by atoms with Crippen LogP contribution in [0.2, 0.25) is 0 Å². The Labute approximate surface area is 120 Å². The molecule has 108 valence electrons. The molecule has 1 N–H and O–H groups in total. The number of aliphatic hydroxyl groups is 1. The van der Waals surface area contributed by atoms with E-state index in [0.717, 1.165) is 11.1 Å². The largest absolute Gasteiger partial charge is 0.384 e. The third kappa shape index (κ3) is 4.69. The molecular weight excluding hydrogens is 254 g/mol. The molecule has 0 fully saturated rings. The van der Waals surface area contributed by atoms with Gasteiger partial charge in [0.25, 0.3) is 5.91 Å². The smallest absolute Gasteiger partial charge is 0.253 e. The van der Waals surface area contributed by atoms with Crippen LogP contribution in [0.25, 0.3) is 0 Å². The van der Waals surface area contributed by atoms with Crippen molar-refractivity contribution < 1.29 is 14.6 Å². The highest BCUT2D eigenvalue weighted by Gasteiger charge is 2.14. The van der Waals surface area contributed by atoms with Gasteiger partial charge in [-0.2, -0.15) is 0 Å². The molecule has 1 amide bonds. The molecule has 0 atom stereocenters. The second-order valence-electron chi connectivity index (χ2n) is 4.41. The van der Waals surface area contributed by atoms with Gasteiger partial charge in [0.2, 0.25) is 0 Å². The number of likely N-dealkylation sites (N-methyl/N-ethyl adjacent to an activating group) is 1. The number of aliphatic hydroxyl groups excluding tert-OH is 1. The Kier molecular flexibility index (Phi) is 6.78. The van der Waals surface area contributed by atoms with E-state index in [0.29, 0.717) is 25.3 Å². The maximum absolute atomic E-state index is 12.4. The topological polar surface area (TPSA) is 49.8 Å². The Bertz CT molecular complexity index is 514. The number of carbonyl (C=O) groups excluding carboxylic acids is 1. The van der Waals surface area contributed by atoms with E-state index in [9.17, 15) is 4.79 Å². The standard InChI is InChI=1S/C16H21NO3/c1-4-20-11-9-17(3)16(19)15-12-14(6-5-10-18)8-7-13(15)2/h7-8,12,18H,4,9-11H2,1-3H3. The van der Waals surface area contributed by atoms with Crippen molar-refractivity contribution in [3.8, 4) is 11.8 Å². The first-order chi connectivity index (χ1) is 9.60. The summed E-state index contributed by atoms with van der Waals surface area (Å²) in [6.07, 6.45) is 0. The van der Waals surface area contributed by atoms with Gasteiger partial charge in [-0.05, 0) is 31.5 Å². The predicted octanol–water partition coefficient (Wildman–Crippen LogP) is 1.45. The van der Waals surface area contributed by atoms with Crippen LogP contribution < -0.4 is 0 Å². The van der Waals surface area contributed by atoms with Gasteiger partial charge in [-0.1, -0.05) is 17.9 Å². The minimum absolute atomic E-state index is 0.0464. The Morgan fingerprint density at radius 3 is 2.85 bits per heavy atom. The maximum atomic E-state index is 12.4. The summed E-state index contributed by atoms with van der Waals surface area (Å²) in [5, 5.41) is 8.71. The van der Waals surface area contributed by atoms with Crippen LogP contribution in [0.4, 0.5) is 0 Å². The van der Waals surface area contributed by atoms with Crippen molar-refractivity contribution in [2.75, 3.05) is 33.4 Å². The number of hydrogen-bond donors (Lipinski definition) is 1. The summed E-state index contributed by atoms with van der Waals surface area (Å²) in [6.45, 7) is 5.36. The van der Waals surface area contributed by atoms with Crippen molar-refractivity contribution in [3.63, 3.8) is 0 Å².